The summed E-state index contributed by atoms with van der Waals surface area (Å²) in [5.41, 5.74) is 5.85. The Kier molecular flexibility index (Phi) is 4.40. The maximum absolute atomic E-state index is 11.9. The molecule has 2 nitrogen and oxygen atoms in total. The second-order valence-electron chi connectivity index (χ2n) is 4.20. The molecule has 1 saturated heterocycles. The second kappa shape index (κ2) is 5.16. The molecule has 15 heavy (non-hydrogen) atoms. The van der Waals surface area contributed by atoms with Gasteiger partial charge in [-0.25, -0.2) is 0 Å². The first-order valence-corrected chi connectivity index (χ1v) is 5.34. The maximum Gasteiger partial charge on any atom is 0.389 e. The minimum Gasteiger partial charge on any atom is -0.378 e. The second-order valence-corrected chi connectivity index (χ2v) is 4.20. The third-order valence-electron chi connectivity index (χ3n) is 2.98. The van der Waals surface area contributed by atoms with E-state index < -0.39 is 12.6 Å². The van der Waals surface area contributed by atoms with Crippen molar-refractivity contribution in [2.24, 2.45) is 11.7 Å². The highest BCUT2D eigenvalue weighted by molar-refractivity contribution is 4.82. The lowest BCUT2D eigenvalue weighted by molar-refractivity contribution is -0.135. The zero-order valence-electron chi connectivity index (χ0n) is 8.89. The zero-order valence-corrected chi connectivity index (χ0v) is 8.89. The molecule has 0 saturated carbocycles. The number of halogens is 3. The number of ether oxygens (including phenoxy) is 1. The van der Waals surface area contributed by atoms with Crippen LogP contribution in [0.5, 0.6) is 0 Å². The largest absolute Gasteiger partial charge is 0.389 e. The summed E-state index contributed by atoms with van der Waals surface area (Å²) in [5.74, 6) is 0.221. The molecule has 2 N–H and O–H groups in total. The smallest absolute Gasteiger partial charge is 0.378 e. The highest BCUT2D eigenvalue weighted by Crippen LogP contribution is 2.27. The molecule has 90 valence electrons. The number of alkyl halides is 3. The van der Waals surface area contributed by atoms with Crippen molar-refractivity contribution in [1.29, 1.82) is 0 Å². The van der Waals surface area contributed by atoms with E-state index in [1.165, 1.54) is 0 Å². The summed E-state index contributed by atoms with van der Waals surface area (Å²) in [6.07, 6.45) is -3.29. The molecule has 1 fully saturated rings. The van der Waals surface area contributed by atoms with Crippen molar-refractivity contribution < 1.29 is 17.9 Å². The Morgan fingerprint density at radius 1 is 1.47 bits per heavy atom. The monoisotopic (exact) mass is 225 g/mol. The Morgan fingerprint density at radius 2 is 2.13 bits per heavy atom. The van der Waals surface area contributed by atoms with Crippen LogP contribution < -0.4 is 5.73 Å². The summed E-state index contributed by atoms with van der Waals surface area (Å²) in [5, 5.41) is 0. The van der Waals surface area contributed by atoms with Crippen molar-refractivity contribution >= 4 is 0 Å². The van der Waals surface area contributed by atoms with Gasteiger partial charge in [0.2, 0.25) is 0 Å². The lowest BCUT2D eigenvalue weighted by Gasteiger charge is -2.22. The van der Waals surface area contributed by atoms with E-state index in [2.05, 4.69) is 0 Å². The Morgan fingerprint density at radius 3 is 2.60 bits per heavy atom. The molecule has 3 unspecified atom stereocenters. The Hall–Kier alpha value is -0.290. The van der Waals surface area contributed by atoms with E-state index in [4.69, 9.17) is 10.5 Å². The minimum absolute atomic E-state index is 0.0888. The summed E-state index contributed by atoms with van der Waals surface area (Å²) < 4.78 is 41.0. The van der Waals surface area contributed by atoms with Crippen LogP contribution in [0.1, 0.15) is 32.6 Å². The third-order valence-corrected chi connectivity index (χ3v) is 2.98. The van der Waals surface area contributed by atoms with Crippen LogP contribution in [0.2, 0.25) is 0 Å². The molecule has 0 bridgehead atoms. The molecule has 0 spiro atoms. The molecule has 0 radical (unpaired) electrons. The molecule has 0 aromatic carbocycles. The molecule has 0 aromatic heterocycles. The van der Waals surface area contributed by atoms with Crippen LogP contribution in [0.15, 0.2) is 0 Å². The van der Waals surface area contributed by atoms with Crippen molar-refractivity contribution in [3.63, 3.8) is 0 Å². The third kappa shape index (κ3) is 4.38. The fraction of sp³-hybridized carbons (Fsp3) is 1.00. The number of nitrogens with two attached hydrogens (primary N) is 1. The Labute approximate surface area is 88.0 Å². The van der Waals surface area contributed by atoms with Crippen molar-refractivity contribution in [3.05, 3.63) is 0 Å². The van der Waals surface area contributed by atoms with Crippen LogP contribution in [-0.2, 0) is 4.74 Å². The van der Waals surface area contributed by atoms with Crippen LogP contribution in [-0.4, -0.2) is 24.9 Å². The highest BCUT2D eigenvalue weighted by atomic mass is 19.4. The molecule has 1 aliphatic heterocycles. The zero-order chi connectivity index (χ0) is 11.5. The lowest BCUT2D eigenvalue weighted by atomic mass is 9.90. The molecule has 1 aliphatic rings. The summed E-state index contributed by atoms with van der Waals surface area (Å²) >= 11 is 0. The first kappa shape index (κ1) is 12.8. The Bertz CT molecular complexity index is 196. The predicted molar refractivity (Wildman–Crippen MR) is 51.4 cm³/mol. The van der Waals surface area contributed by atoms with E-state index in [0.717, 1.165) is 6.42 Å². The fourth-order valence-electron chi connectivity index (χ4n) is 2.06. The molecule has 5 heteroatoms. The van der Waals surface area contributed by atoms with Gasteiger partial charge in [-0.1, -0.05) is 0 Å². The number of hydrogen-bond donors (Lipinski definition) is 1. The van der Waals surface area contributed by atoms with E-state index in [9.17, 15) is 13.2 Å². The van der Waals surface area contributed by atoms with E-state index in [0.29, 0.717) is 13.0 Å². The lowest BCUT2D eigenvalue weighted by Crippen LogP contribution is -2.34. The van der Waals surface area contributed by atoms with Gasteiger partial charge in [0, 0.05) is 25.0 Å². The van der Waals surface area contributed by atoms with Gasteiger partial charge in [0.15, 0.2) is 0 Å². The van der Waals surface area contributed by atoms with Gasteiger partial charge in [0.1, 0.15) is 0 Å². The van der Waals surface area contributed by atoms with Crippen LogP contribution in [0.25, 0.3) is 0 Å². The van der Waals surface area contributed by atoms with Crippen molar-refractivity contribution in [1.82, 2.24) is 0 Å². The average Bonchev–Trinajstić information content (AvgIpc) is 2.48. The van der Waals surface area contributed by atoms with Gasteiger partial charge in [0.25, 0.3) is 0 Å². The van der Waals surface area contributed by atoms with E-state index >= 15 is 0 Å². The summed E-state index contributed by atoms with van der Waals surface area (Å²) in [7, 11) is 0. The quantitative estimate of drug-likeness (QED) is 0.797. The molecule has 3 atom stereocenters. The van der Waals surface area contributed by atoms with Gasteiger partial charge in [-0.2, -0.15) is 13.2 Å². The van der Waals surface area contributed by atoms with Crippen molar-refractivity contribution in [2.75, 3.05) is 6.61 Å². The summed E-state index contributed by atoms with van der Waals surface area (Å²) in [6, 6.07) is -0.162. The highest BCUT2D eigenvalue weighted by Gasteiger charge is 2.31. The van der Waals surface area contributed by atoms with Crippen molar-refractivity contribution in [3.8, 4) is 0 Å². The van der Waals surface area contributed by atoms with E-state index in [1.54, 1.807) is 0 Å². The van der Waals surface area contributed by atoms with E-state index in [-0.39, 0.29) is 24.5 Å². The molecular weight excluding hydrogens is 207 g/mol. The minimum atomic E-state index is -4.06. The molecule has 1 rings (SSSR count). The first-order chi connectivity index (χ1) is 6.90. The van der Waals surface area contributed by atoms with E-state index in [1.807, 2.05) is 6.92 Å². The van der Waals surface area contributed by atoms with Crippen LogP contribution >= 0.6 is 0 Å². The SMILES string of the molecule is CC1OCCC1C(N)CCCC(F)(F)F. The van der Waals surface area contributed by atoms with Gasteiger partial charge in [-0.15, -0.1) is 0 Å². The van der Waals surface area contributed by atoms with Gasteiger partial charge < -0.3 is 10.5 Å². The maximum atomic E-state index is 11.9. The first-order valence-electron chi connectivity index (χ1n) is 5.34. The Balaban J connectivity index is 2.21. The summed E-state index contributed by atoms with van der Waals surface area (Å²) in [4.78, 5) is 0. The number of hydrogen-bond acceptors (Lipinski definition) is 2. The van der Waals surface area contributed by atoms with Gasteiger partial charge in [-0.3, -0.25) is 0 Å². The predicted octanol–water partition coefficient (Wildman–Crippen LogP) is 2.47. The standard InChI is InChI=1S/C10H18F3NO/c1-7-8(4-6-15-7)9(14)3-2-5-10(11,12)13/h7-9H,2-6,14H2,1H3. The normalized spacial score (nSPS) is 29.4. The van der Waals surface area contributed by atoms with Gasteiger partial charge in [-0.05, 0) is 26.2 Å². The molecular formula is C10H18F3NO. The van der Waals surface area contributed by atoms with Crippen LogP contribution in [0.4, 0.5) is 13.2 Å². The molecule has 0 aromatic rings. The average molecular weight is 225 g/mol. The van der Waals surface area contributed by atoms with Gasteiger partial charge >= 0.3 is 6.18 Å². The molecule has 0 amide bonds. The topological polar surface area (TPSA) is 35.2 Å². The summed E-state index contributed by atoms with van der Waals surface area (Å²) in [6.45, 7) is 2.61. The van der Waals surface area contributed by atoms with Crippen LogP contribution in [0.3, 0.4) is 0 Å². The van der Waals surface area contributed by atoms with Crippen LogP contribution in [0, 0.1) is 5.92 Å². The molecule has 1 heterocycles. The molecule has 0 aliphatic carbocycles. The van der Waals surface area contributed by atoms with Crippen molar-refractivity contribution in [2.45, 2.75) is 50.9 Å². The fourth-order valence-corrected chi connectivity index (χ4v) is 2.06. The van der Waals surface area contributed by atoms with Gasteiger partial charge in [0.05, 0.1) is 6.10 Å². The number of rotatable bonds is 4.